The number of nitrogens with two attached hydrogens (primary N) is 1. The van der Waals surface area contributed by atoms with Crippen molar-refractivity contribution in [3.05, 3.63) is 48.0 Å². The number of benzene rings is 1. The molecule has 36 heavy (non-hydrogen) atoms. The van der Waals surface area contributed by atoms with Gasteiger partial charge in [-0.3, -0.25) is 4.79 Å². The first-order valence-corrected chi connectivity index (χ1v) is 15.2. The zero-order valence-corrected chi connectivity index (χ0v) is 23.2. The number of aliphatic carboxylic acids is 1. The lowest BCUT2D eigenvalue weighted by atomic mass is 9.78. The standard InChI is InChI=1S/C33H55NO2/c1-2-3-7-14-29(18-11-5-10-17-28-15-8-4-9-16-28)21-23-31(25-26-34)32(27-33(35)36)24-22-30-19-12-6-13-20-30/h5-6,11-13,19-20,28-29,31-32H,2-4,7-10,14-18,21-27,34H2,1H3,(H,35,36)/t29-,31+,32+/m0/s1. The molecule has 1 aliphatic rings. The van der Waals surface area contributed by atoms with E-state index >= 15 is 0 Å². The number of allylic oxidation sites excluding steroid dienone is 2. The van der Waals surface area contributed by atoms with Crippen LogP contribution in [-0.2, 0) is 11.2 Å². The van der Waals surface area contributed by atoms with Crippen molar-refractivity contribution in [3.63, 3.8) is 0 Å². The number of carboxylic acid groups (broad SMARTS) is 1. The molecule has 3 heteroatoms. The zero-order valence-electron chi connectivity index (χ0n) is 23.2. The Morgan fingerprint density at radius 3 is 2.44 bits per heavy atom. The van der Waals surface area contributed by atoms with E-state index in [4.69, 9.17) is 5.73 Å². The van der Waals surface area contributed by atoms with Crippen molar-refractivity contribution in [3.8, 4) is 0 Å². The van der Waals surface area contributed by atoms with Gasteiger partial charge in [0, 0.05) is 6.42 Å². The molecule has 2 rings (SSSR count). The SMILES string of the molecule is CCCCC[C@@H](CC=CCCC1CCCCC1)CC[C@H](CCN)[C@H](CCc1ccccc1)CC(=O)O. The maximum atomic E-state index is 11.7. The molecule has 0 heterocycles. The summed E-state index contributed by atoms with van der Waals surface area (Å²) in [5, 5.41) is 9.64. The average molecular weight is 498 g/mol. The van der Waals surface area contributed by atoms with Crippen LogP contribution in [0.2, 0.25) is 0 Å². The maximum Gasteiger partial charge on any atom is 0.303 e. The molecule has 0 amide bonds. The van der Waals surface area contributed by atoms with Gasteiger partial charge in [-0.2, -0.15) is 0 Å². The third kappa shape index (κ3) is 13.6. The van der Waals surface area contributed by atoms with Gasteiger partial charge in [-0.05, 0) is 87.1 Å². The van der Waals surface area contributed by atoms with Gasteiger partial charge in [-0.15, -0.1) is 0 Å². The van der Waals surface area contributed by atoms with E-state index in [1.807, 2.05) is 6.07 Å². The maximum absolute atomic E-state index is 11.7. The number of carbonyl (C=O) groups is 1. The molecular formula is C33H55NO2. The minimum atomic E-state index is -0.671. The van der Waals surface area contributed by atoms with Crippen LogP contribution in [0.4, 0.5) is 0 Å². The molecule has 3 N–H and O–H groups in total. The van der Waals surface area contributed by atoms with Crippen molar-refractivity contribution < 1.29 is 9.90 Å². The summed E-state index contributed by atoms with van der Waals surface area (Å²) >= 11 is 0. The molecule has 0 aliphatic heterocycles. The first kappa shape index (κ1) is 30.6. The third-order valence-electron chi connectivity index (χ3n) is 8.55. The summed E-state index contributed by atoms with van der Waals surface area (Å²) in [6.07, 6.45) is 26.5. The normalized spacial score (nSPS) is 17.3. The van der Waals surface area contributed by atoms with Crippen molar-refractivity contribution in [2.24, 2.45) is 29.4 Å². The Morgan fingerprint density at radius 1 is 0.972 bits per heavy atom. The second kappa shape index (κ2) is 19.5. The van der Waals surface area contributed by atoms with Crippen LogP contribution in [-0.4, -0.2) is 17.6 Å². The van der Waals surface area contributed by atoms with Gasteiger partial charge in [0.05, 0.1) is 0 Å². The molecule has 0 radical (unpaired) electrons. The lowest BCUT2D eigenvalue weighted by molar-refractivity contribution is -0.138. The number of aryl methyl sites for hydroxylation is 1. The quantitative estimate of drug-likeness (QED) is 0.140. The van der Waals surface area contributed by atoms with E-state index in [9.17, 15) is 9.90 Å². The van der Waals surface area contributed by atoms with E-state index in [0.29, 0.717) is 18.4 Å². The first-order valence-electron chi connectivity index (χ1n) is 15.2. The minimum absolute atomic E-state index is 0.202. The van der Waals surface area contributed by atoms with Crippen LogP contribution in [0.3, 0.4) is 0 Å². The molecule has 0 aromatic heterocycles. The first-order chi connectivity index (χ1) is 17.6. The van der Waals surface area contributed by atoms with Crippen molar-refractivity contribution in [2.75, 3.05) is 6.54 Å². The Bertz CT molecular complexity index is 695. The smallest absolute Gasteiger partial charge is 0.303 e. The van der Waals surface area contributed by atoms with Gasteiger partial charge in [0.2, 0.25) is 0 Å². The summed E-state index contributed by atoms with van der Waals surface area (Å²) < 4.78 is 0. The van der Waals surface area contributed by atoms with E-state index < -0.39 is 5.97 Å². The summed E-state index contributed by atoms with van der Waals surface area (Å²) in [7, 11) is 0. The highest BCUT2D eigenvalue weighted by Gasteiger charge is 2.24. The van der Waals surface area contributed by atoms with Crippen LogP contribution in [0.15, 0.2) is 42.5 Å². The summed E-state index contributed by atoms with van der Waals surface area (Å²) in [4.78, 5) is 11.7. The fourth-order valence-electron chi connectivity index (χ4n) is 6.28. The molecule has 1 aliphatic carbocycles. The van der Waals surface area contributed by atoms with E-state index in [-0.39, 0.29) is 12.3 Å². The van der Waals surface area contributed by atoms with Crippen molar-refractivity contribution >= 4 is 5.97 Å². The Kier molecular flexibility index (Phi) is 16.6. The van der Waals surface area contributed by atoms with Crippen LogP contribution in [0.25, 0.3) is 0 Å². The third-order valence-corrected chi connectivity index (χ3v) is 8.55. The summed E-state index contributed by atoms with van der Waals surface area (Å²) in [5.41, 5.74) is 7.33. The van der Waals surface area contributed by atoms with E-state index in [0.717, 1.165) is 31.6 Å². The van der Waals surface area contributed by atoms with Crippen LogP contribution in [0.5, 0.6) is 0 Å². The fraction of sp³-hybridized carbons (Fsp3) is 0.727. The molecule has 0 bridgehead atoms. The fourth-order valence-corrected chi connectivity index (χ4v) is 6.28. The minimum Gasteiger partial charge on any atom is -0.481 e. The largest absolute Gasteiger partial charge is 0.481 e. The molecule has 1 saturated carbocycles. The average Bonchev–Trinajstić information content (AvgIpc) is 2.89. The summed E-state index contributed by atoms with van der Waals surface area (Å²) in [5.74, 6) is 1.60. The molecule has 1 aromatic rings. The Labute approximate surface area is 222 Å². The Balaban J connectivity index is 1.90. The lowest BCUT2D eigenvalue weighted by Crippen LogP contribution is -2.23. The molecule has 1 aromatic carbocycles. The van der Waals surface area contributed by atoms with Gasteiger partial charge < -0.3 is 10.8 Å². The van der Waals surface area contributed by atoms with Crippen LogP contribution in [0, 0.1) is 23.7 Å². The van der Waals surface area contributed by atoms with E-state index in [1.165, 1.54) is 89.0 Å². The number of carboxylic acids is 1. The van der Waals surface area contributed by atoms with Crippen molar-refractivity contribution in [1.29, 1.82) is 0 Å². The molecule has 0 saturated heterocycles. The molecule has 3 atom stereocenters. The Hall–Kier alpha value is -1.61. The van der Waals surface area contributed by atoms with Gasteiger partial charge in [-0.25, -0.2) is 0 Å². The highest BCUT2D eigenvalue weighted by molar-refractivity contribution is 5.67. The number of hydrogen-bond acceptors (Lipinski definition) is 2. The molecule has 204 valence electrons. The topological polar surface area (TPSA) is 63.3 Å². The zero-order chi connectivity index (χ0) is 25.8. The van der Waals surface area contributed by atoms with Gasteiger partial charge in [0.15, 0.2) is 0 Å². The van der Waals surface area contributed by atoms with E-state index in [2.05, 4.69) is 43.3 Å². The second-order valence-corrected chi connectivity index (χ2v) is 11.4. The molecule has 3 nitrogen and oxygen atoms in total. The van der Waals surface area contributed by atoms with Crippen LogP contribution in [0.1, 0.15) is 122 Å². The molecule has 0 spiro atoms. The van der Waals surface area contributed by atoms with Gasteiger partial charge >= 0.3 is 5.97 Å². The number of rotatable bonds is 20. The van der Waals surface area contributed by atoms with Gasteiger partial charge in [0.1, 0.15) is 0 Å². The molecule has 0 unspecified atom stereocenters. The monoisotopic (exact) mass is 497 g/mol. The highest BCUT2D eigenvalue weighted by Crippen LogP contribution is 2.32. The number of hydrogen-bond donors (Lipinski definition) is 2. The predicted molar refractivity (Wildman–Crippen MR) is 154 cm³/mol. The number of unbranched alkanes of at least 4 members (excludes halogenated alkanes) is 2. The second-order valence-electron chi connectivity index (χ2n) is 11.4. The molecule has 1 fully saturated rings. The van der Waals surface area contributed by atoms with Crippen LogP contribution < -0.4 is 5.73 Å². The lowest BCUT2D eigenvalue weighted by Gasteiger charge is -2.28. The summed E-state index contributed by atoms with van der Waals surface area (Å²) in [6.45, 7) is 2.92. The predicted octanol–water partition coefficient (Wildman–Crippen LogP) is 8.96. The summed E-state index contributed by atoms with van der Waals surface area (Å²) in [6, 6.07) is 10.5. The highest BCUT2D eigenvalue weighted by atomic mass is 16.4. The van der Waals surface area contributed by atoms with E-state index in [1.54, 1.807) is 0 Å². The van der Waals surface area contributed by atoms with Crippen LogP contribution >= 0.6 is 0 Å². The van der Waals surface area contributed by atoms with Gasteiger partial charge in [0.25, 0.3) is 0 Å². The van der Waals surface area contributed by atoms with Gasteiger partial charge in [-0.1, -0.05) is 107 Å². The Morgan fingerprint density at radius 2 is 1.75 bits per heavy atom. The van der Waals surface area contributed by atoms with Crippen molar-refractivity contribution in [2.45, 2.75) is 122 Å². The molecular weight excluding hydrogens is 442 g/mol. The van der Waals surface area contributed by atoms with Crippen molar-refractivity contribution in [1.82, 2.24) is 0 Å².